The molecule has 0 saturated heterocycles. The second kappa shape index (κ2) is 11.1. The summed E-state index contributed by atoms with van der Waals surface area (Å²) in [5.74, 6) is -0.224. The van der Waals surface area contributed by atoms with Crippen molar-refractivity contribution in [2.45, 2.75) is 46.2 Å². The molecule has 1 atom stereocenters. The first-order valence-electron chi connectivity index (χ1n) is 11.4. The molecule has 0 bridgehead atoms. The third-order valence-electron chi connectivity index (χ3n) is 5.78. The van der Waals surface area contributed by atoms with E-state index in [-0.39, 0.29) is 30.6 Å². The summed E-state index contributed by atoms with van der Waals surface area (Å²) < 4.78 is 5.15. The maximum Gasteiger partial charge on any atom is 0.318 e. The Labute approximate surface area is 196 Å². The Bertz CT molecular complexity index is 1000. The average molecular weight is 451 g/mol. The number of rotatable bonds is 8. The highest BCUT2D eigenvalue weighted by Crippen LogP contribution is 2.33. The highest BCUT2D eigenvalue weighted by molar-refractivity contribution is 6.03. The molecule has 0 aliphatic carbocycles. The number of carbonyl (C=O) groups excluding carboxylic acids is 2. The molecule has 1 aliphatic heterocycles. The van der Waals surface area contributed by atoms with Gasteiger partial charge in [-0.2, -0.15) is 5.10 Å². The summed E-state index contributed by atoms with van der Waals surface area (Å²) >= 11 is 0. The van der Waals surface area contributed by atoms with Gasteiger partial charge in [-0.15, -0.1) is 0 Å². The zero-order chi connectivity index (χ0) is 24.0. The van der Waals surface area contributed by atoms with Gasteiger partial charge >= 0.3 is 6.03 Å². The number of carbonyl (C=O) groups is 2. The number of urea groups is 1. The van der Waals surface area contributed by atoms with Crippen LogP contribution in [-0.2, 0) is 9.53 Å². The van der Waals surface area contributed by atoms with E-state index in [9.17, 15) is 9.59 Å². The van der Waals surface area contributed by atoms with Gasteiger partial charge in [0.2, 0.25) is 0 Å². The molecular formula is C26H34N4O3. The summed E-state index contributed by atoms with van der Waals surface area (Å²) in [6.45, 7) is 8.52. The molecule has 0 aromatic heterocycles. The van der Waals surface area contributed by atoms with Gasteiger partial charge in [0.05, 0.1) is 18.4 Å². The van der Waals surface area contributed by atoms with Crippen LogP contribution in [0.3, 0.4) is 0 Å². The fourth-order valence-corrected chi connectivity index (χ4v) is 3.80. The van der Waals surface area contributed by atoms with Gasteiger partial charge in [-0.3, -0.25) is 4.79 Å². The van der Waals surface area contributed by atoms with Crippen LogP contribution in [0.2, 0.25) is 0 Å². The zero-order valence-corrected chi connectivity index (χ0v) is 20.2. The van der Waals surface area contributed by atoms with Crippen molar-refractivity contribution < 1.29 is 14.3 Å². The number of amides is 3. The monoisotopic (exact) mass is 450 g/mol. The normalized spacial score (nSPS) is 15.5. The van der Waals surface area contributed by atoms with Crippen molar-refractivity contribution in [3.63, 3.8) is 0 Å². The standard InChI is InChI=1S/C26H34N4O3/c1-18(2)27-26(32)29(13-14-33-5)17-25(31)30-24(21-9-7-6-8-10-21)16-23(28-30)22-12-11-19(3)20(4)15-22/h6-12,15,18,24H,13-14,16-17H2,1-5H3,(H,27,32)/t24-/m0/s1. The summed E-state index contributed by atoms with van der Waals surface area (Å²) in [6.07, 6.45) is 0.620. The van der Waals surface area contributed by atoms with E-state index < -0.39 is 0 Å². The first-order chi connectivity index (χ1) is 15.8. The lowest BCUT2D eigenvalue weighted by molar-refractivity contribution is -0.133. The van der Waals surface area contributed by atoms with E-state index in [1.54, 1.807) is 12.1 Å². The topological polar surface area (TPSA) is 74.2 Å². The van der Waals surface area contributed by atoms with Crippen molar-refractivity contribution in [2.24, 2.45) is 5.10 Å². The molecule has 0 radical (unpaired) electrons. The molecule has 0 fully saturated rings. The maximum absolute atomic E-state index is 13.4. The smallest absolute Gasteiger partial charge is 0.318 e. The number of nitrogens with one attached hydrogen (secondary N) is 1. The third-order valence-corrected chi connectivity index (χ3v) is 5.78. The van der Waals surface area contributed by atoms with Gasteiger partial charge in [0.15, 0.2) is 0 Å². The summed E-state index contributed by atoms with van der Waals surface area (Å²) in [5, 5.41) is 9.16. The predicted molar refractivity (Wildman–Crippen MR) is 130 cm³/mol. The molecule has 1 N–H and O–H groups in total. The number of ether oxygens (including phenoxy) is 1. The van der Waals surface area contributed by atoms with Crippen molar-refractivity contribution in [1.29, 1.82) is 0 Å². The third kappa shape index (κ3) is 6.20. The van der Waals surface area contributed by atoms with Crippen LogP contribution in [-0.4, -0.2) is 60.4 Å². The van der Waals surface area contributed by atoms with E-state index in [2.05, 4.69) is 37.4 Å². The van der Waals surface area contributed by atoms with Crippen LogP contribution >= 0.6 is 0 Å². The van der Waals surface area contributed by atoms with E-state index in [4.69, 9.17) is 9.84 Å². The van der Waals surface area contributed by atoms with Crippen molar-refractivity contribution in [3.8, 4) is 0 Å². The van der Waals surface area contributed by atoms with Crippen molar-refractivity contribution in [2.75, 3.05) is 26.8 Å². The number of hydrogen-bond donors (Lipinski definition) is 1. The number of hydrazone groups is 1. The zero-order valence-electron chi connectivity index (χ0n) is 20.2. The van der Waals surface area contributed by atoms with E-state index in [0.29, 0.717) is 19.6 Å². The Morgan fingerprint density at radius 1 is 1.15 bits per heavy atom. The van der Waals surface area contributed by atoms with E-state index in [0.717, 1.165) is 16.8 Å². The molecule has 0 saturated carbocycles. The van der Waals surface area contributed by atoms with Crippen LogP contribution in [0.5, 0.6) is 0 Å². The lowest BCUT2D eigenvalue weighted by atomic mass is 9.96. The molecule has 0 spiro atoms. The number of aryl methyl sites for hydroxylation is 2. The van der Waals surface area contributed by atoms with Crippen molar-refractivity contribution in [1.82, 2.24) is 15.2 Å². The molecule has 2 aromatic rings. The first-order valence-corrected chi connectivity index (χ1v) is 11.4. The van der Waals surface area contributed by atoms with Crippen molar-refractivity contribution >= 4 is 17.6 Å². The van der Waals surface area contributed by atoms with Crippen LogP contribution in [0.25, 0.3) is 0 Å². The Morgan fingerprint density at radius 2 is 1.88 bits per heavy atom. The first kappa shape index (κ1) is 24.5. The molecule has 3 amide bonds. The van der Waals surface area contributed by atoms with Gasteiger partial charge in [-0.05, 0) is 56.0 Å². The average Bonchev–Trinajstić information content (AvgIpc) is 3.24. The van der Waals surface area contributed by atoms with Crippen LogP contribution in [0.4, 0.5) is 4.79 Å². The molecule has 2 aromatic carbocycles. The highest BCUT2D eigenvalue weighted by Gasteiger charge is 2.34. The fraction of sp³-hybridized carbons (Fsp3) is 0.423. The molecule has 0 unspecified atom stereocenters. The number of nitrogens with zero attached hydrogens (tertiary/aromatic N) is 3. The summed E-state index contributed by atoms with van der Waals surface area (Å²) in [4.78, 5) is 27.6. The van der Waals surface area contributed by atoms with Gasteiger partial charge in [-0.1, -0.05) is 42.5 Å². The SMILES string of the molecule is COCCN(CC(=O)N1N=C(c2ccc(C)c(C)c2)C[C@H]1c1ccccc1)C(=O)NC(C)C. The summed E-state index contributed by atoms with van der Waals surface area (Å²) in [6, 6.07) is 15.6. The van der Waals surface area contributed by atoms with Gasteiger partial charge in [0.25, 0.3) is 5.91 Å². The van der Waals surface area contributed by atoms with Crippen LogP contribution < -0.4 is 5.32 Å². The molecule has 1 aliphatic rings. The van der Waals surface area contributed by atoms with Gasteiger partial charge < -0.3 is 15.0 Å². The number of methoxy groups -OCH3 is 1. The molecule has 33 heavy (non-hydrogen) atoms. The van der Waals surface area contributed by atoms with Crippen LogP contribution in [0.1, 0.15) is 48.6 Å². The minimum absolute atomic E-state index is 0.0316. The number of hydrogen-bond acceptors (Lipinski definition) is 4. The minimum Gasteiger partial charge on any atom is -0.383 e. The van der Waals surface area contributed by atoms with E-state index in [1.165, 1.54) is 16.0 Å². The predicted octanol–water partition coefficient (Wildman–Crippen LogP) is 4.05. The Morgan fingerprint density at radius 3 is 2.52 bits per heavy atom. The molecule has 176 valence electrons. The maximum atomic E-state index is 13.4. The van der Waals surface area contributed by atoms with Gasteiger partial charge in [-0.25, -0.2) is 9.80 Å². The molecular weight excluding hydrogens is 416 g/mol. The molecule has 1 heterocycles. The Kier molecular flexibility index (Phi) is 8.22. The second-order valence-corrected chi connectivity index (χ2v) is 8.73. The summed E-state index contributed by atoms with van der Waals surface area (Å²) in [5.41, 5.74) is 5.31. The highest BCUT2D eigenvalue weighted by atomic mass is 16.5. The Hall–Kier alpha value is -3.19. The minimum atomic E-state index is -0.288. The Balaban J connectivity index is 1.88. The summed E-state index contributed by atoms with van der Waals surface area (Å²) in [7, 11) is 1.58. The molecule has 7 heteroatoms. The van der Waals surface area contributed by atoms with E-state index >= 15 is 0 Å². The quantitative estimate of drug-likeness (QED) is 0.659. The number of benzene rings is 2. The van der Waals surface area contributed by atoms with Gasteiger partial charge in [0.1, 0.15) is 6.54 Å². The lowest BCUT2D eigenvalue weighted by Crippen LogP contribution is -2.48. The fourth-order valence-electron chi connectivity index (χ4n) is 3.80. The van der Waals surface area contributed by atoms with E-state index in [1.807, 2.05) is 44.2 Å². The largest absolute Gasteiger partial charge is 0.383 e. The molecule has 3 rings (SSSR count). The van der Waals surface area contributed by atoms with Crippen LogP contribution in [0.15, 0.2) is 53.6 Å². The van der Waals surface area contributed by atoms with Crippen molar-refractivity contribution in [3.05, 3.63) is 70.8 Å². The lowest BCUT2D eigenvalue weighted by Gasteiger charge is -2.27. The second-order valence-electron chi connectivity index (χ2n) is 8.73. The molecule has 7 nitrogen and oxygen atoms in total. The van der Waals surface area contributed by atoms with Gasteiger partial charge in [0, 0.05) is 26.1 Å². The van der Waals surface area contributed by atoms with Crippen LogP contribution in [0, 0.1) is 13.8 Å².